The van der Waals surface area contributed by atoms with Gasteiger partial charge in [0.1, 0.15) is 6.33 Å². The smallest absolute Gasteiger partial charge is 0.253 e. The quantitative estimate of drug-likeness (QED) is 0.775. The first-order chi connectivity index (χ1) is 12.2. The van der Waals surface area contributed by atoms with Gasteiger partial charge in [-0.3, -0.25) is 9.36 Å². The molecule has 4 rings (SSSR count). The van der Waals surface area contributed by atoms with Crippen molar-refractivity contribution in [1.29, 1.82) is 0 Å². The molecule has 1 aliphatic heterocycles. The van der Waals surface area contributed by atoms with Crippen molar-refractivity contribution >= 4 is 34.2 Å². The number of aromatic nitrogens is 2. The van der Waals surface area contributed by atoms with Gasteiger partial charge in [0.15, 0.2) is 0 Å². The molecule has 0 unspecified atom stereocenters. The maximum Gasteiger partial charge on any atom is 0.253 e. The Hall–Kier alpha value is -2.07. The maximum absolute atomic E-state index is 12.8. The van der Waals surface area contributed by atoms with Gasteiger partial charge in [-0.1, -0.05) is 30.5 Å². The summed E-state index contributed by atoms with van der Waals surface area (Å²) >= 11 is 6.18. The fourth-order valence-corrected chi connectivity index (χ4v) is 3.85. The number of imidazole rings is 1. The number of benzene rings is 1. The van der Waals surface area contributed by atoms with Crippen LogP contribution in [0.5, 0.6) is 0 Å². The van der Waals surface area contributed by atoms with Crippen LogP contribution in [0.25, 0.3) is 16.7 Å². The highest BCUT2D eigenvalue weighted by molar-refractivity contribution is 6.30. The van der Waals surface area contributed by atoms with E-state index in [1.807, 2.05) is 40.1 Å². The molecular formula is C20H22ClN3O. The molecule has 5 heteroatoms. The SMILES string of the molecule is O=C(c1ccc2c(c1)ncn2C1=CCCC(Cl)=C1)N1CCCCCC1. The lowest BCUT2D eigenvalue weighted by atomic mass is 10.1. The highest BCUT2D eigenvalue weighted by Gasteiger charge is 2.18. The van der Waals surface area contributed by atoms with Crippen molar-refractivity contribution in [2.75, 3.05) is 13.1 Å². The number of carbonyl (C=O) groups excluding carboxylic acids is 1. The van der Waals surface area contributed by atoms with Crippen LogP contribution in [0.1, 0.15) is 48.9 Å². The van der Waals surface area contributed by atoms with Crippen LogP contribution < -0.4 is 0 Å². The predicted octanol–water partition coefficient (Wildman–Crippen LogP) is 4.81. The van der Waals surface area contributed by atoms with Crippen LogP contribution in [0.4, 0.5) is 0 Å². The monoisotopic (exact) mass is 355 g/mol. The van der Waals surface area contributed by atoms with Crippen LogP contribution in [0.3, 0.4) is 0 Å². The lowest BCUT2D eigenvalue weighted by Crippen LogP contribution is -2.31. The predicted molar refractivity (Wildman–Crippen MR) is 102 cm³/mol. The average molecular weight is 356 g/mol. The Kier molecular flexibility index (Phi) is 4.62. The molecule has 2 aromatic rings. The minimum atomic E-state index is 0.123. The standard InChI is InChI=1S/C20H22ClN3O/c21-16-6-5-7-17(13-16)24-14-22-18-12-15(8-9-19(18)24)20(25)23-10-3-1-2-4-11-23/h7-9,12-14H,1-6,10-11H2. The number of hydrogen-bond acceptors (Lipinski definition) is 2. The second kappa shape index (κ2) is 7.04. The van der Waals surface area contributed by atoms with Crippen molar-refractivity contribution < 1.29 is 4.79 Å². The molecule has 25 heavy (non-hydrogen) atoms. The molecule has 0 spiro atoms. The summed E-state index contributed by atoms with van der Waals surface area (Å²) in [6, 6.07) is 5.82. The molecule has 1 amide bonds. The van der Waals surface area contributed by atoms with Crippen molar-refractivity contribution in [2.24, 2.45) is 0 Å². The van der Waals surface area contributed by atoms with E-state index < -0.39 is 0 Å². The summed E-state index contributed by atoms with van der Waals surface area (Å²) in [5.74, 6) is 0.123. The molecular weight excluding hydrogens is 334 g/mol. The van der Waals surface area contributed by atoms with Gasteiger partial charge in [-0.15, -0.1) is 0 Å². The Morgan fingerprint density at radius 3 is 2.68 bits per heavy atom. The Labute approximate surface area is 152 Å². The molecule has 130 valence electrons. The minimum absolute atomic E-state index is 0.123. The number of hydrogen-bond donors (Lipinski definition) is 0. The first-order valence-corrected chi connectivity index (χ1v) is 9.43. The van der Waals surface area contributed by atoms with Crippen LogP contribution >= 0.6 is 11.6 Å². The van der Waals surface area contributed by atoms with Crippen molar-refractivity contribution in [3.8, 4) is 0 Å². The van der Waals surface area contributed by atoms with E-state index in [0.29, 0.717) is 0 Å². The second-order valence-electron chi connectivity index (χ2n) is 6.78. The first kappa shape index (κ1) is 16.4. The van der Waals surface area contributed by atoms with E-state index in [4.69, 9.17) is 11.6 Å². The van der Waals surface area contributed by atoms with Gasteiger partial charge in [0.05, 0.1) is 11.0 Å². The fourth-order valence-electron chi connectivity index (χ4n) is 3.63. The molecule has 0 radical (unpaired) electrons. The highest BCUT2D eigenvalue weighted by atomic mass is 35.5. The van der Waals surface area contributed by atoms with E-state index in [1.54, 1.807) is 0 Å². The normalized spacial score (nSPS) is 18.7. The van der Waals surface area contributed by atoms with Crippen molar-refractivity contribution in [3.63, 3.8) is 0 Å². The molecule has 0 bridgehead atoms. The van der Waals surface area contributed by atoms with Gasteiger partial charge in [-0.2, -0.15) is 0 Å². The van der Waals surface area contributed by atoms with Crippen LogP contribution in [0.2, 0.25) is 0 Å². The summed E-state index contributed by atoms with van der Waals surface area (Å²) in [5, 5.41) is 0.868. The molecule has 0 N–H and O–H groups in total. The van der Waals surface area contributed by atoms with Crippen LogP contribution in [-0.2, 0) is 0 Å². The van der Waals surface area contributed by atoms with Crippen LogP contribution in [0, 0.1) is 0 Å². The van der Waals surface area contributed by atoms with E-state index in [-0.39, 0.29) is 5.91 Å². The third-order valence-corrected chi connectivity index (χ3v) is 5.30. The Morgan fingerprint density at radius 1 is 1.12 bits per heavy atom. The third kappa shape index (κ3) is 3.36. The Bertz CT molecular complexity index is 857. The maximum atomic E-state index is 12.8. The summed E-state index contributed by atoms with van der Waals surface area (Å²) in [4.78, 5) is 19.3. The lowest BCUT2D eigenvalue weighted by Gasteiger charge is -2.20. The summed E-state index contributed by atoms with van der Waals surface area (Å²) in [6.45, 7) is 1.73. The fraction of sp³-hybridized carbons (Fsp3) is 0.400. The number of halogens is 1. The number of carbonyl (C=O) groups is 1. The summed E-state index contributed by atoms with van der Waals surface area (Å²) in [5.41, 5.74) is 3.62. The number of nitrogens with zero attached hydrogens (tertiary/aromatic N) is 3. The van der Waals surface area contributed by atoms with Gasteiger partial charge in [0.2, 0.25) is 0 Å². The first-order valence-electron chi connectivity index (χ1n) is 9.05. The third-order valence-electron chi connectivity index (χ3n) is 5.01. The van der Waals surface area contributed by atoms with E-state index in [2.05, 4.69) is 11.1 Å². The molecule has 1 fully saturated rings. The van der Waals surface area contributed by atoms with Gasteiger partial charge in [-0.05, 0) is 50.0 Å². The molecule has 4 nitrogen and oxygen atoms in total. The van der Waals surface area contributed by atoms with Crippen LogP contribution in [-0.4, -0.2) is 33.4 Å². The van der Waals surface area contributed by atoms with Gasteiger partial charge in [0, 0.05) is 29.4 Å². The van der Waals surface area contributed by atoms with Gasteiger partial charge in [0.25, 0.3) is 5.91 Å². The molecule has 1 aromatic carbocycles. The zero-order chi connectivity index (χ0) is 17.2. The van der Waals surface area contributed by atoms with Crippen molar-refractivity contribution in [1.82, 2.24) is 14.5 Å². The molecule has 2 aliphatic rings. The van der Waals surface area contributed by atoms with Crippen molar-refractivity contribution in [3.05, 3.63) is 47.3 Å². The molecule has 2 heterocycles. The molecule has 1 aromatic heterocycles. The lowest BCUT2D eigenvalue weighted by molar-refractivity contribution is 0.0762. The Balaban J connectivity index is 1.63. The highest BCUT2D eigenvalue weighted by Crippen LogP contribution is 2.27. The molecule has 0 atom stereocenters. The number of rotatable bonds is 2. The van der Waals surface area contributed by atoms with Gasteiger partial charge in [-0.25, -0.2) is 4.98 Å². The van der Waals surface area contributed by atoms with Crippen LogP contribution in [0.15, 0.2) is 41.7 Å². The molecule has 1 aliphatic carbocycles. The van der Waals surface area contributed by atoms with E-state index in [0.717, 1.165) is 66.1 Å². The molecule has 0 saturated carbocycles. The number of fused-ring (bicyclic) bond motifs is 1. The van der Waals surface area contributed by atoms with Crippen molar-refractivity contribution in [2.45, 2.75) is 38.5 Å². The van der Waals surface area contributed by atoms with E-state index in [9.17, 15) is 4.79 Å². The van der Waals surface area contributed by atoms with E-state index in [1.165, 1.54) is 12.8 Å². The Morgan fingerprint density at radius 2 is 1.92 bits per heavy atom. The molecule has 1 saturated heterocycles. The number of amides is 1. The number of likely N-dealkylation sites (tertiary alicyclic amines) is 1. The minimum Gasteiger partial charge on any atom is -0.339 e. The summed E-state index contributed by atoms with van der Waals surface area (Å²) < 4.78 is 2.04. The zero-order valence-corrected chi connectivity index (χ0v) is 15.0. The zero-order valence-electron chi connectivity index (χ0n) is 14.2. The summed E-state index contributed by atoms with van der Waals surface area (Å²) in [7, 11) is 0. The van der Waals surface area contributed by atoms with E-state index >= 15 is 0 Å². The topological polar surface area (TPSA) is 38.1 Å². The second-order valence-corrected chi connectivity index (χ2v) is 7.27. The number of allylic oxidation sites excluding steroid dienone is 4. The summed E-state index contributed by atoms with van der Waals surface area (Å²) in [6.07, 6.45) is 12.4. The van der Waals surface area contributed by atoms with Gasteiger partial charge >= 0.3 is 0 Å². The average Bonchev–Trinajstić information content (AvgIpc) is 2.85. The largest absolute Gasteiger partial charge is 0.339 e. The van der Waals surface area contributed by atoms with Gasteiger partial charge < -0.3 is 4.90 Å².